The van der Waals surface area contributed by atoms with E-state index in [0.717, 1.165) is 22.3 Å². The van der Waals surface area contributed by atoms with Crippen LogP contribution in [0.25, 0.3) is 21.5 Å². The van der Waals surface area contributed by atoms with E-state index in [-0.39, 0.29) is 26.5 Å². The summed E-state index contributed by atoms with van der Waals surface area (Å²) in [5.74, 6) is -0.490. The molecular formula is C19H20F3N4OS+. The number of hydrogen-bond donors (Lipinski definition) is 3. The molecule has 4 N–H and O–H groups in total. The molecule has 3 rings (SSSR count). The van der Waals surface area contributed by atoms with E-state index in [1.54, 1.807) is 30.3 Å². The zero-order valence-corrected chi connectivity index (χ0v) is 16.2. The van der Waals surface area contributed by atoms with Crippen molar-refractivity contribution in [1.29, 1.82) is 0 Å². The molecule has 0 aliphatic heterocycles. The lowest BCUT2D eigenvalue weighted by atomic mass is 10.1. The third kappa shape index (κ3) is 4.10. The molecule has 0 radical (unpaired) electrons. The molecule has 28 heavy (non-hydrogen) atoms. The number of likely N-dealkylation sites (N-methyl/N-ethyl adjacent to an activating group) is 1. The number of hydrogen-bond acceptors (Lipinski definition) is 4. The topological polar surface area (TPSA) is 72.5 Å². The maximum atomic E-state index is 13.7. The predicted molar refractivity (Wildman–Crippen MR) is 104 cm³/mol. The Labute approximate surface area is 164 Å². The van der Waals surface area contributed by atoms with E-state index < -0.39 is 17.6 Å². The van der Waals surface area contributed by atoms with Crippen LogP contribution in [0.4, 0.5) is 18.9 Å². The highest BCUT2D eigenvalue weighted by atomic mass is 32.1. The normalized spacial score (nSPS) is 11.9. The van der Waals surface area contributed by atoms with Gasteiger partial charge in [0, 0.05) is 10.9 Å². The maximum Gasteiger partial charge on any atom is 0.417 e. The molecule has 0 saturated heterocycles. The number of aromatic nitrogens is 1. The van der Waals surface area contributed by atoms with Crippen LogP contribution in [0.15, 0.2) is 36.4 Å². The monoisotopic (exact) mass is 409 g/mol. The molecule has 5 nitrogen and oxygen atoms in total. The highest BCUT2D eigenvalue weighted by Gasteiger charge is 2.36. The summed E-state index contributed by atoms with van der Waals surface area (Å²) >= 11 is 0.875. The number of alkyl halides is 3. The molecule has 2 aromatic heterocycles. The largest absolute Gasteiger partial charge is 0.417 e. The van der Waals surface area contributed by atoms with Gasteiger partial charge in [0.1, 0.15) is 9.71 Å². The van der Waals surface area contributed by atoms with Crippen molar-refractivity contribution in [1.82, 2.24) is 10.3 Å². The molecule has 0 atom stereocenters. The number of pyridine rings is 1. The fraction of sp³-hybridized carbons (Fsp3) is 0.263. The van der Waals surface area contributed by atoms with Gasteiger partial charge in [-0.1, -0.05) is 30.3 Å². The van der Waals surface area contributed by atoms with Crippen LogP contribution < -0.4 is 16.0 Å². The Bertz CT molecular complexity index is 1000. The third-order valence-electron chi connectivity index (χ3n) is 4.19. The SMILES string of the molecule is C[NH+](C)CCNC(=O)c1sc2nc(-c3ccccc3)cc(C(F)(F)F)c2c1N. The van der Waals surface area contributed by atoms with Crippen molar-refractivity contribution in [3.8, 4) is 11.3 Å². The summed E-state index contributed by atoms with van der Waals surface area (Å²) < 4.78 is 41.1. The Kier molecular flexibility index (Phi) is 5.57. The van der Waals surface area contributed by atoms with E-state index in [4.69, 9.17) is 5.73 Å². The number of anilines is 1. The van der Waals surface area contributed by atoms with Crippen molar-refractivity contribution in [3.63, 3.8) is 0 Å². The minimum Gasteiger partial charge on any atom is -0.397 e. The van der Waals surface area contributed by atoms with Gasteiger partial charge < -0.3 is 16.0 Å². The molecule has 2 heterocycles. The number of rotatable bonds is 5. The fourth-order valence-electron chi connectivity index (χ4n) is 2.78. The summed E-state index contributed by atoms with van der Waals surface area (Å²) in [5.41, 5.74) is 5.63. The Balaban J connectivity index is 2.10. The summed E-state index contributed by atoms with van der Waals surface area (Å²) in [6.07, 6.45) is -4.62. The van der Waals surface area contributed by atoms with Crippen LogP contribution in [0.1, 0.15) is 15.2 Å². The number of amides is 1. The van der Waals surface area contributed by atoms with Crippen molar-refractivity contribution < 1.29 is 22.9 Å². The minimum atomic E-state index is -4.62. The van der Waals surface area contributed by atoms with E-state index >= 15 is 0 Å². The van der Waals surface area contributed by atoms with Crippen LogP contribution in [0.5, 0.6) is 0 Å². The summed E-state index contributed by atoms with van der Waals surface area (Å²) in [7, 11) is 3.87. The average molecular weight is 409 g/mol. The van der Waals surface area contributed by atoms with Gasteiger partial charge in [-0.2, -0.15) is 13.2 Å². The van der Waals surface area contributed by atoms with Gasteiger partial charge in [-0.15, -0.1) is 11.3 Å². The van der Waals surface area contributed by atoms with Crippen LogP contribution in [0.2, 0.25) is 0 Å². The summed E-state index contributed by atoms with van der Waals surface area (Å²) in [4.78, 5) is 18.1. The smallest absolute Gasteiger partial charge is 0.397 e. The third-order valence-corrected chi connectivity index (χ3v) is 5.29. The Morgan fingerprint density at radius 2 is 1.93 bits per heavy atom. The molecule has 3 aromatic rings. The zero-order chi connectivity index (χ0) is 20.5. The van der Waals surface area contributed by atoms with E-state index in [1.165, 1.54) is 0 Å². The Morgan fingerprint density at radius 1 is 1.25 bits per heavy atom. The lowest BCUT2D eigenvalue weighted by Gasteiger charge is -2.11. The molecular weight excluding hydrogens is 389 g/mol. The van der Waals surface area contributed by atoms with E-state index in [2.05, 4.69) is 10.3 Å². The van der Waals surface area contributed by atoms with Gasteiger partial charge in [-0.3, -0.25) is 4.79 Å². The molecule has 148 valence electrons. The summed E-state index contributed by atoms with van der Waals surface area (Å²) in [6, 6.07) is 9.57. The molecule has 1 aromatic carbocycles. The Hall–Kier alpha value is -2.65. The van der Waals surface area contributed by atoms with Crippen LogP contribution in [0.3, 0.4) is 0 Å². The quantitative estimate of drug-likeness (QED) is 0.606. The van der Waals surface area contributed by atoms with Crippen LogP contribution in [-0.4, -0.2) is 38.1 Å². The lowest BCUT2D eigenvalue weighted by Crippen LogP contribution is -3.06. The average Bonchev–Trinajstić information content (AvgIpc) is 2.97. The second-order valence-electron chi connectivity index (χ2n) is 6.66. The van der Waals surface area contributed by atoms with Crippen LogP contribution in [-0.2, 0) is 6.18 Å². The van der Waals surface area contributed by atoms with Gasteiger partial charge in [0.2, 0.25) is 0 Å². The first-order valence-electron chi connectivity index (χ1n) is 8.61. The van der Waals surface area contributed by atoms with E-state index in [9.17, 15) is 18.0 Å². The number of fused-ring (bicyclic) bond motifs is 1. The number of nitrogens with zero attached hydrogens (tertiary/aromatic N) is 1. The molecule has 0 aliphatic rings. The molecule has 1 amide bonds. The highest BCUT2D eigenvalue weighted by Crippen LogP contribution is 2.43. The van der Waals surface area contributed by atoms with Gasteiger partial charge in [0.05, 0.1) is 44.1 Å². The minimum absolute atomic E-state index is 0.0481. The fourth-order valence-corrected chi connectivity index (χ4v) is 3.81. The first-order chi connectivity index (χ1) is 13.2. The number of nitrogen functional groups attached to an aromatic ring is 1. The number of nitrogens with two attached hydrogens (primary N) is 1. The zero-order valence-electron chi connectivity index (χ0n) is 15.4. The van der Waals surface area contributed by atoms with Gasteiger partial charge in [-0.05, 0) is 6.07 Å². The molecule has 0 aliphatic carbocycles. The molecule has 0 saturated carbocycles. The van der Waals surface area contributed by atoms with E-state index in [1.807, 2.05) is 14.1 Å². The van der Waals surface area contributed by atoms with Crippen LogP contribution in [0, 0.1) is 0 Å². The van der Waals surface area contributed by atoms with Gasteiger partial charge in [0.25, 0.3) is 5.91 Å². The molecule has 0 unspecified atom stereocenters. The summed E-state index contributed by atoms with van der Waals surface area (Å²) in [5, 5.41) is 2.48. The van der Waals surface area contributed by atoms with Gasteiger partial charge >= 0.3 is 6.18 Å². The number of nitrogens with one attached hydrogen (secondary N) is 2. The first kappa shape index (κ1) is 20.1. The molecule has 0 bridgehead atoms. The van der Waals surface area contributed by atoms with Crippen molar-refractivity contribution in [3.05, 3.63) is 46.8 Å². The summed E-state index contributed by atoms with van der Waals surface area (Å²) in [6.45, 7) is 1.07. The number of quaternary nitrogens is 1. The second kappa shape index (κ2) is 7.76. The number of thiophene rings is 1. The van der Waals surface area contributed by atoms with E-state index in [0.29, 0.717) is 18.7 Å². The maximum absolute atomic E-state index is 13.7. The van der Waals surface area contributed by atoms with Gasteiger partial charge in [0.15, 0.2) is 0 Å². The Morgan fingerprint density at radius 3 is 2.54 bits per heavy atom. The number of carbonyl (C=O) groups is 1. The second-order valence-corrected chi connectivity index (χ2v) is 7.66. The molecule has 9 heteroatoms. The number of carbonyl (C=O) groups excluding carboxylic acids is 1. The predicted octanol–water partition coefficient (Wildman–Crippen LogP) is 2.44. The van der Waals surface area contributed by atoms with Crippen molar-refractivity contribution in [2.45, 2.75) is 6.18 Å². The van der Waals surface area contributed by atoms with Crippen molar-refractivity contribution in [2.75, 3.05) is 32.9 Å². The van der Waals surface area contributed by atoms with Crippen LogP contribution >= 0.6 is 11.3 Å². The highest BCUT2D eigenvalue weighted by molar-refractivity contribution is 7.21. The number of benzene rings is 1. The van der Waals surface area contributed by atoms with Crippen molar-refractivity contribution in [2.24, 2.45) is 0 Å². The first-order valence-corrected chi connectivity index (χ1v) is 9.43. The molecule has 0 fully saturated rings. The van der Waals surface area contributed by atoms with Crippen molar-refractivity contribution >= 4 is 33.1 Å². The molecule has 0 spiro atoms. The number of halogens is 3. The lowest BCUT2D eigenvalue weighted by molar-refractivity contribution is -0.856. The standard InChI is InChI=1S/C19H19F3N4OS/c1-26(2)9-8-24-17(27)16-15(23)14-12(19(20,21)22)10-13(25-18(14)28-16)11-6-4-3-5-7-11/h3-7,10H,8-9,23H2,1-2H3,(H,24,27)/p+1. The van der Waals surface area contributed by atoms with Gasteiger partial charge in [-0.25, -0.2) is 4.98 Å².